The van der Waals surface area contributed by atoms with Crippen molar-refractivity contribution >= 4 is 23.2 Å². The summed E-state index contributed by atoms with van der Waals surface area (Å²) in [6.07, 6.45) is 7.33. The standard InChI is InChI=1S/C19H28Cl2O/c1-4-6-14(5-2)19(11-9-18(3,22)10-12-19)15-7-8-16(20)17(21)13-15/h7-8,13-14,22H,4-6,9-12H2,1-3H3. The third kappa shape index (κ3) is 3.63. The van der Waals surface area contributed by atoms with Gasteiger partial charge in [0, 0.05) is 0 Å². The predicted octanol–water partition coefficient (Wildman–Crippen LogP) is 6.38. The molecular weight excluding hydrogens is 315 g/mol. The molecule has 1 N–H and O–H groups in total. The summed E-state index contributed by atoms with van der Waals surface area (Å²) in [5.74, 6) is 0.630. The quantitative estimate of drug-likeness (QED) is 0.657. The van der Waals surface area contributed by atoms with Gasteiger partial charge in [0.25, 0.3) is 0 Å². The van der Waals surface area contributed by atoms with Gasteiger partial charge in [0.1, 0.15) is 0 Å². The van der Waals surface area contributed by atoms with E-state index in [4.69, 9.17) is 23.2 Å². The third-order valence-electron chi connectivity index (χ3n) is 5.63. The molecule has 0 spiro atoms. The van der Waals surface area contributed by atoms with Crippen LogP contribution in [0.5, 0.6) is 0 Å². The number of hydrogen-bond acceptors (Lipinski definition) is 1. The first-order valence-electron chi connectivity index (χ1n) is 8.52. The summed E-state index contributed by atoms with van der Waals surface area (Å²) in [4.78, 5) is 0. The molecule has 0 radical (unpaired) electrons. The Morgan fingerprint density at radius 2 is 1.73 bits per heavy atom. The second kappa shape index (κ2) is 7.11. The molecule has 124 valence electrons. The average molecular weight is 343 g/mol. The van der Waals surface area contributed by atoms with Crippen LogP contribution in [0.25, 0.3) is 0 Å². The molecule has 0 saturated heterocycles. The van der Waals surface area contributed by atoms with E-state index in [2.05, 4.69) is 26.0 Å². The van der Waals surface area contributed by atoms with Crippen LogP contribution < -0.4 is 0 Å². The second-order valence-corrected chi connectivity index (χ2v) is 7.99. The lowest BCUT2D eigenvalue weighted by Gasteiger charge is -2.48. The summed E-state index contributed by atoms with van der Waals surface area (Å²) in [5.41, 5.74) is 0.906. The van der Waals surface area contributed by atoms with Crippen molar-refractivity contribution in [3.63, 3.8) is 0 Å². The van der Waals surface area contributed by atoms with Gasteiger partial charge in [-0.05, 0) is 68.1 Å². The highest BCUT2D eigenvalue weighted by Crippen LogP contribution is 2.51. The molecule has 1 aliphatic rings. The summed E-state index contributed by atoms with van der Waals surface area (Å²) in [6.45, 7) is 6.50. The molecule has 1 atom stereocenters. The molecule has 22 heavy (non-hydrogen) atoms. The molecule has 1 unspecified atom stereocenters. The molecule has 1 aromatic carbocycles. The van der Waals surface area contributed by atoms with Gasteiger partial charge in [-0.25, -0.2) is 0 Å². The molecule has 1 aliphatic carbocycles. The van der Waals surface area contributed by atoms with Crippen LogP contribution >= 0.6 is 23.2 Å². The van der Waals surface area contributed by atoms with Gasteiger partial charge in [-0.2, -0.15) is 0 Å². The Hall–Kier alpha value is -0.240. The lowest BCUT2D eigenvalue weighted by molar-refractivity contribution is -0.0139. The summed E-state index contributed by atoms with van der Waals surface area (Å²) in [7, 11) is 0. The zero-order valence-electron chi connectivity index (χ0n) is 14.0. The van der Waals surface area contributed by atoms with E-state index in [1.807, 2.05) is 13.0 Å². The maximum atomic E-state index is 10.4. The molecule has 0 aliphatic heterocycles. The topological polar surface area (TPSA) is 20.2 Å². The fourth-order valence-corrected chi connectivity index (χ4v) is 4.49. The van der Waals surface area contributed by atoms with E-state index in [0.29, 0.717) is 16.0 Å². The molecule has 0 heterocycles. The van der Waals surface area contributed by atoms with Crippen LogP contribution in [0, 0.1) is 5.92 Å². The fourth-order valence-electron chi connectivity index (χ4n) is 4.19. The first-order chi connectivity index (χ1) is 10.3. The molecule has 1 aromatic rings. The minimum Gasteiger partial charge on any atom is -0.390 e. The van der Waals surface area contributed by atoms with Crippen LogP contribution in [-0.2, 0) is 5.41 Å². The first kappa shape index (κ1) is 18.1. The molecule has 3 heteroatoms. The lowest BCUT2D eigenvalue weighted by atomic mass is 9.58. The van der Waals surface area contributed by atoms with Crippen molar-refractivity contribution in [3.05, 3.63) is 33.8 Å². The minimum absolute atomic E-state index is 0.126. The smallest absolute Gasteiger partial charge is 0.0620 e. The summed E-state index contributed by atoms with van der Waals surface area (Å²) >= 11 is 12.4. The van der Waals surface area contributed by atoms with Gasteiger partial charge in [-0.15, -0.1) is 0 Å². The van der Waals surface area contributed by atoms with E-state index in [-0.39, 0.29) is 5.41 Å². The van der Waals surface area contributed by atoms with E-state index < -0.39 is 5.60 Å². The summed E-state index contributed by atoms with van der Waals surface area (Å²) in [6, 6.07) is 6.13. The van der Waals surface area contributed by atoms with Gasteiger partial charge in [0.15, 0.2) is 0 Å². The van der Waals surface area contributed by atoms with E-state index in [9.17, 15) is 5.11 Å². The monoisotopic (exact) mass is 342 g/mol. The molecule has 0 amide bonds. The van der Waals surface area contributed by atoms with Crippen molar-refractivity contribution in [1.82, 2.24) is 0 Å². The Bertz CT molecular complexity index is 500. The van der Waals surface area contributed by atoms with Gasteiger partial charge in [-0.3, -0.25) is 0 Å². The molecular formula is C19H28Cl2O. The van der Waals surface area contributed by atoms with Crippen LogP contribution in [0.15, 0.2) is 18.2 Å². The minimum atomic E-state index is -0.524. The van der Waals surface area contributed by atoms with E-state index in [1.165, 1.54) is 18.4 Å². The Morgan fingerprint density at radius 1 is 1.09 bits per heavy atom. The zero-order valence-corrected chi connectivity index (χ0v) is 15.5. The molecule has 1 fully saturated rings. The highest BCUT2D eigenvalue weighted by Gasteiger charge is 2.44. The van der Waals surface area contributed by atoms with Crippen LogP contribution in [0.3, 0.4) is 0 Å². The highest BCUT2D eigenvalue weighted by atomic mass is 35.5. The summed E-state index contributed by atoms with van der Waals surface area (Å²) in [5, 5.41) is 11.6. The van der Waals surface area contributed by atoms with E-state index >= 15 is 0 Å². The van der Waals surface area contributed by atoms with Gasteiger partial charge >= 0.3 is 0 Å². The lowest BCUT2D eigenvalue weighted by Crippen LogP contribution is -2.44. The van der Waals surface area contributed by atoms with Crippen molar-refractivity contribution < 1.29 is 5.11 Å². The van der Waals surface area contributed by atoms with Gasteiger partial charge in [-0.1, -0.05) is 56.0 Å². The number of aliphatic hydroxyl groups is 1. The maximum absolute atomic E-state index is 10.4. The molecule has 1 nitrogen and oxygen atoms in total. The molecule has 0 aromatic heterocycles. The number of hydrogen-bond donors (Lipinski definition) is 1. The number of benzene rings is 1. The zero-order chi connectivity index (χ0) is 16.4. The van der Waals surface area contributed by atoms with Crippen molar-refractivity contribution in [1.29, 1.82) is 0 Å². The van der Waals surface area contributed by atoms with Crippen molar-refractivity contribution in [2.75, 3.05) is 0 Å². The van der Waals surface area contributed by atoms with Crippen molar-refractivity contribution in [3.8, 4) is 0 Å². The van der Waals surface area contributed by atoms with Crippen molar-refractivity contribution in [2.45, 2.75) is 76.7 Å². The highest BCUT2D eigenvalue weighted by molar-refractivity contribution is 6.42. The van der Waals surface area contributed by atoms with Crippen LogP contribution in [0.4, 0.5) is 0 Å². The predicted molar refractivity (Wildman–Crippen MR) is 95.9 cm³/mol. The Balaban J connectivity index is 2.43. The number of rotatable bonds is 5. The number of halogens is 2. The molecule has 1 saturated carbocycles. The molecule has 2 rings (SSSR count). The normalized spacial score (nSPS) is 30.3. The van der Waals surface area contributed by atoms with Crippen LogP contribution in [-0.4, -0.2) is 10.7 Å². The average Bonchev–Trinajstić information content (AvgIpc) is 2.48. The van der Waals surface area contributed by atoms with E-state index in [1.54, 1.807) is 0 Å². The maximum Gasteiger partial charge on any atom is 0.0620 e. The SMILES string of the molecule is CCCC(CC)C1(c2ccc(Cl)c(Cl)c2)CCC(C)(O)CC1. The van der Waals surface area contributed by atoms with Crippen LogP contribution in [0.1, 0.15) is 71.3 Å². The van der Waals surface area contributed by atoms with E-state index in [0.717, 1.165) is 32.1 Å². The third-order valence-corrected chi connectivity index (χ3v) is 6.36. The molecule has 0 bridgehead atoms. The Labute approximate surface area is 145 Å². The second-order valence-electron chi connectivity index (χ2n) is 7.18. The fraction of sp³-hybridized carbons (Fsp3) is 0.684. The summed E-state index contributed by atoms with van der Waals surface area (Å²) < 4.78 is 0. The Morgan fingerprint density at radius 3 is 2.23 bits per heavy atom. The van der Waals surface area contributed by atoms with Gasteiger partial charge in [0.2, 0.25) is 0 Å². The van der Waals surface area contributed by atoms with Gasteiger partial charge in [0.05, 0.1) is 15.6 Å². The Kier molecular flexibility index (Phi) is 5.85. The van der Waals surface area contributed by atoms with Gasteiger partial charge < -0.3 is 5.11 Å². The largest absolute Gasteiger partial charge is 0.390 e. The first-order valence-corrected chi connectivity index (χ1v) is 9.28. The van der Waals surface area contributed by atoms with Crippen LogP contribution in [0.2, 0.25) is 10.0 Å². The van der Waals surface area contributed by atoms with Crippen molar-refractivity contribution in [2.24, 2.45) is 5.92 Å².